The number of rotatable bonds is 3. The summed E-state index contributed by atoms with van der Waals surface area (Å²) in [6.45, 7) is 4.98. The molecule has 0 saturated heterocycles. The standard InChI is InChI=1S/C42H30N2Si/c1-45(2)40-35-24-11-9-22-33(35)32-21-8-10-23-34(32)37(40)39-41(45)38(30-19-12-18-29(26-30)27-14-4-3-5-15-27)43-42(44-39)36-25-13-17-28-16-6-7-20-31(28)36/h3-26H,1-2H3. The predicted octanol–water partition coefficient (Wildman–Crippen LogP) is 9.74. The van der Waals surface area contributed by atoms with E-state index in [2.05, 4.69) is 159 Å². The third-order valence-corrected chi connectivity index (χ3v) is 13.1. The molecule has 2 heterocycles. The topological polar surface area (TPSA) is 25.8 Å². The third-order valence-electron chi connectivity index (χ3n) is 9.60. The Labute approximate surface area is 263 Å². The van der Waals surface area contributed by atoms with Gasteiger partial charge in [-0.3, -0.25) is 0 Å². The van der Waals surface area contributed by atoms with Crippen molar-refractivity contribution in [3.8, 4) is 45.0 Å². The lowest BCUT2D eigenvalue weighted by Gasteiger charge is -2.23. The van der Waals surface area contributed by atoms with E-state index in [0.29, 0.717) is 0 Å². The van der Waals surface area contributed by atoms with E-state index in [0.717, 1.165) is 28.3 Å². The maximum atomic E-state index is 5.56. The zero-order valence-corrected chi connectivity index (χ0v) is 26.3. The van der Waals surface area contributed by atoms with Crippen molar-refractivity contribution in [2.24, 2.45) is 0 Å². The lowest BCUT2D eigenvalue weighted by molar-refractivity contribution is 1.21. The van der Waals surface area contributed by atoms with Crippen LogP contribution in [0.4, 0.5) is 0 Å². The first kappa shape index (κ1) is 26.1. The molecule has 2 nitrogen and oxygen atoms in total. The van der Waals surface area contributed by atoms with Crippen molar-refractivity contribution in [2.75, 3.05) is 0 Å². The Balaban J connectivity index is 1.43. The molecular weight excluding hydrogens is 561 g/mol. The fraction of sp³-hybridized carbons (Fsp3) is 0.0476. The van der Waals surface area contributed by atoms with Gasteiger partial charge in [0.1, 0.15) is 8.07 Å². The third kappa shape index (κ3) is 3.87. The van der Waals surface area contributed by atoms with Gasteiger partial charge in [0.05, 0.1) is 11.4 Å². The van der Waals surface area contributed by atoms with E-state index < -0.39 is 8.07 Å². The number of aromatic nitrogens is 2. The van der Waals surface area contributed by atoms with Gasteiger partial charge in [0.15, 0.2) is 5.82 Å². The van der Waals surface area contributed by atoms with E-state index in [9.17, 15) is 0 Å². The van der Waals surface area contributed by atoms with Crippen molar-refractivity contribution in [3.05, 3.63) is 146 Å². The minimum absolute atomic E-state index is 0.778. The summed E-state index contributed by atoms with van der Waals surface area (Å²) < 4.78 is 0. The van der Waals surface area contributed by atoms with Gasteiger partial charge >= 0.3 is 0 Å². The Hall–Kier alpha value is -5.38. The lowest BCUT2D eigenvalue weighted by atomic mass is 9.94. The molecule has 1 aliphatic rings. The molecule has 0 N–H and O–H groups in total. The Kier molecular flexibility index (Phi) is 5.68. The van der Waals surface area contributed by atoms with Crippen LogP contribution in [-0.2, 0) is 0 Å². The normalized spacial score (nSPS) is 13.3. The number of hydrogen-bond acceptors (Lipinski definition) is 2. The second-order valence-corrected chi connectivity index (χ2v) is 16.8. The van der Waals surface area contributed by atoms with Gasteiger partial charge < -0.3 is 0 Å². The first-order valence-electron chi connectivity index (χ1n) is 15.6. The van der Waals surface area contributed by atoms with Crippen LogP contribution in [-0.4, -0.2) is 18.0 Å². The van der Waals surface area contributed by atoms with Crippen LogP contribution in [0.15, 0.2) is 146 Å². The molecule has 0 atom stereocenters. The molecule has 45 heavy (non-hydrogen) atoms. The maximum absolute atomic E-state index is 5.56. The molecule has 0 aliphatic carbocycles. The van der Waals surface area contributed by atoms with Gasteiger partial charge in [-0.1, -0.05) is 153 Å². The Morgan fingerprint density at radius 3 is 1.78 bits per heavy atom. The average Bonchev–Trinajstić information content (AvgIpc) is 3.35. The average molecular weight is 591 g/mol. The van der Waals surface area contributed by atoms with E-state index >= 15 is 0 Å². The largest absolute Gasteiger partial charge is 0.228 e. The van der Waals surface area contributed by atoms with Gasteiger partial charge in [-0.25, -0.2) is 9.97 Å². The smallest absolute Gasteiger partial charge is 0.161 e. The van der Waals surface area contributed by atoms with Gasteiger partial charge in [0, 0.05) is 16.7 Å². The summed E-state index contributed by atoms with van der Waals surface area (Å²) in [5, 5.41) is 10.4. The Bertz CT molecular complexity index is 2460. The number of fused-ring (bicyclic) bond motifs is 9. The first-order valence-corrected chi connectivity index (χ1v) is 18.6. The highest BCUT2D eigenvalue weighted by Crippen LogP contribution is 2.42. The molecule has 0 unspecified atom stereocenters. The summed E-state index contributed by atoms with van der Waals surface area (Å²) in [6.07, 6.45) is 0. The summed E-state index contributed by atoms with van der Waals surface area (Å²) in [5.41, 5.74) is 8.05. The molecule has 8 aromatic rings. The Morgan fingerprint density at radius 1 is 0.422 bits per heavy atom. The van der Waals surface area contributed by atoms with Crippen LogP contribution in [0.5, 0.6) is 0 Å². The van der Waals surface area contributed by atoms with Gasteiger partial charge in [0.25, 0.3) is 0 Å². The highest BCUT2D eigenvalue weighted by Gasteiger charge is 2.44. The quantitative estimate of drug-likeness (QED) is 0.151. The summed E-state index contributed by atoms with van der Waals surface area (Å²) >= 11 is 0. The van der Waals surface area contributed by atoms with Crippen LogP contribution in [0, 0.1) is 0 Å². The highest BCUT2D eigenvalue weighted by molar-refractivity contribution is 7.06. The predicted molar refractivity (Wildman–Crippen MR) is 193 cm³/mol. The van der Waals surface area contributed by atoms with Gasteiger partial charge in [-0.2, -0.15) is 0 Å². The van der Waals surface area contributed by atoms with E-state index in [-0.39, 0.29) is 0 Å². The molecule has 212 valence electrons. The molecule has 3 heteroatoms. The molecule has 0 spiro atoms. The van der Waals surface area contributed by atoms with Crippen molar-refractivity contribution < 1.29 is 0 Å². The minimum atomic E-state index is -2.29. The van der Waals surface area contributed by atoms with Gasteiger partial charge in [0.2, 0.25) is 0 Å². The molecular formula is C42H30N2Si. The summed E-state index contributed by atoms with van der Waals surface area (Å²) in [4.78, 5) is 11.1. The van der Waals surface area contributed by atoms with Crippen LogP contribution in [0.3, 0.4) is 0 Å². The van der Waals surface area contributed by atoms with Crippen LogP contribution >= 0.6 is 0 Å². The molecule has 0 saturated carbocycles. The number of hydrogen-bond donors (Lipinski definition) is 0. The highest BCUT2D eigenvalue weighted by atomic mass is 28.3. The molecule has 1 aliphatic heterocycles. The summed E-state index contributed by atoms with van der Waals surface area (Å²) in [5.74, 6) is 0.778. The summed E-state index contributed by atoms with van der Waals surface area (Å²) in [6, 6.07) is 52.4. The number of benzene rings is 7. The molecule has 0 amide bonds. The van der Waals surface area contributed by atoms with Crippen molar-refractivity contribution in [3.63, 3.8) is 0 Å². The zero-order valence-electron chi connectivity index (χ0n) is 25.3. The molecule has 7 aromatic carbocycles. The zero-order chi connectivity index (χ0) is 30.1. The maximum Gasteiger partial charge on any atom is 0.161 e. The van der Waals surface area contributed by atoms with Gasteiger partial charge in [-0.15, -0.1) is 0 Å². The lowest BCUT2D eigenvalue weighted by Crippen LogP contribution is -2.50. The fourth-order valence-electron chi connectivity index (χ4n) is 7.62. The van der Waals surface area contributed by atoms with E-state index in [1.54, 1.807) is 0 Å². The van der Waals surface area contributed by atoms with Gasteiger partial charge in [-0.05, 0) is 59.9 Å². The number of nitrogens with zero attached hydrogens (tertiary/aromatic N) is 2. The SMILES string of the molecule is C[Si]1(C)c2c(-c3cccc(-c4ccccc4)c3)nc(-c3cccc4ccccc34)nc2-c2c1c1ccccc1c1ccccc21. The van der Waals surface area contributed by atoms with Crippen LogP contribution in [0.25, 0.3) is 77.3 Å². The first-order chi connectivity index (χ1) is 22.1. The van der Waals surface area contributed by atoms with Crippen molar-refractivity contribution in [1.29, 1.82) is 0 Å². The second kappa shape index (κ2) is 9.81. The molecule has 0 fully saturated rings. The molecule has 9 rings (SSSR count). The van der Waals surface area contributed by atoms with E-state index in [4.69, 9.17) is 9.97 Å². The molecule has 0 bridgehead atoms. The summed E-state index contributed by atoms with van der Waals surface area (Å²) in [7, 11) is -2.29. The molecule has 1 aromatic heterocycles. The van der Waals surface area contributed by atoms with Crippen molar-refractivity contribution in [1.82, 2.24) is 9.97 Å². The second-order valence-electron chi connectivity index (χ2n) is 12.6. The van der Waals surface area contributed by atoms with E-state index in [1.807, 2.05) is 0 Å². The van der Waals surface area contributed by atoms with E-state index in [1.165, 1.54) is 59.4 Å². The van der Waals surface area contributed by atoms with Crippen molar-refractivity contribution in [2.45, 2.75) is 13.1 Å². The van der Waals surface area contributed by atoms with Crippen LogP contribution < -0.4 is 10.4 Å². The monoisotopic (exact) mass is 590 g/mol. The fourth-order valence-corrected chi connectivity index (χ4v) is 11.2. The Morgan fingerprint density at radius 2 is 0.978 bits per heavy atom. The van der Waals surface area contributed by atoms with Crippen LogP contribution in [0.2, 0.25) is 13.1 Å². The van der Waals surface area contributed by atoms with Crippen LogP contribution in [0.1, 0.15) is 0 Å². The van der Waals surface area contributed by atoms with Crippen molar-refractivity contribution >= 4 is 50.8 Å². The minimum Gasteiger partial charge on any atom is -0.228 e. The molecule has 0 radical (unpaired) electrons.